The van der Waals surface area contributed by atoms with Crippen LogP contribution in [0.3, 0.4) is 0 Å². The van der Waals surface area contributed by atoms with Crippen LogP contribution in [0.1, 0.15) is 75.6 Å². The summed E-state index contributed by atoms with van der Waals surface area (Å²) in [6, 6.07) is 2.34. The fourth-order valence-corrected chi connectivity index (χ4v) is 6.41. The third-order valence-electron chi connectivity index (χ3n) is 7.24. The van der Waals surface area contributed by atoms with E-state index in [0.29, 0.717) is 5.41 Å². The first-order chi connectivity index (χ1) is 11.8. The zero-order valence-electron chi connectivity index (χ0n) is 17.4. The summed E-state index contributed by atoms with van der Waals surface area (Å²) in [6.07, 6.45) is 5.22. The number of rotatable bonds is 4. The van der Waals surface area contributed by atoms with Gasteiger partial charge in [0.2, 0.25) is 0 Å². The monoisotopic (exact) mass is 354 g/mol. The largest absolute Gasteiger partial charge is 0.0893 e. The SMILES string of the molecule is CCC1=C(C)C(Sc2c(C)c(C)cc(C)c2C)=C(C)[C@@]2(CC)C[C@H]2C1. The molecule has 2 atom stereocenters. The van der Waals surface area contributed by atoms with Crippen molar-refractivity contribution in [3.63, 3.8) is 0 Å². The first-order valence-corrected chi connectivity index (χ1v) is 10.7. The summed E-state index contributed by atoms with van der Waals surface area (Å²) in [5.41, 5.74) is 11.2. The van der Waals surface area contributed by atoms with Crippen molar-refractivity contribution in [3.05, 3.63) is 49.9 Å². The number of thioether (sulfide) groups is 1. The third kappa shape index (κ3) is 2.93. The first kappa shape index (κ1) is 18.8. The Hall–Kier alpha value is -0.950. The van der Waals surface area contributed by atoms with Crippen LogP contribution < -0.4 is 0 Å². The topological polar surface area (TPSA) is 0 Å². The van der Waals surface area contributed by atoms with Gasteiger partial charge in [-0.3, -0.25) is 0 Å². The van der Waals surface area contributed by atoms with Crippen molar-refractivity contribution in [2.75, 3.05) is 0 Å². The zero-order chi connectivity index (χ0) is 18.5. The number of fused-ring (bicyclic) bond motifs is 1. The summed E-state index contributed by atoms with van der Waals surface area (Å²) < 4.78 is 0. The van der Waals surface area contributed by atoms with Gasteiger partial charge in [-0.05, 0) is 106 Å². The van der Waals surface area contributed by atoms with Crippen LogP contribution in [-0.4, -0.2) is 0 Å². The van der Waals surface area contributed by atoms with Gasteiger partial charge in [0.1, 0.15) is 0 Å². The Bertz CT molecular complexity index is 752. The van der Waals surface area contributed by atoms with Crippen molar-refractivity contribution in [2.24, 2.45) is 11.3 Å². The maximum absolute atomic E-state index is 2.43. The highest BCUT2D eigenvalue weighted by molar-refractivity contribution is 8.03. The molecule has 0 amide bonds. The molecule has 0 bridgehead atoms. The van der Waals surface area contributed by atoms with E-state index in [-0.39, 0.29) is 0 Å². The van der Waals surface area contributed by atoms with Gasteiger partial charge >= 0.3 is 0 Å². The average molecular weight is 355 g/mol. The molecule has 1 aromatic rings. The minimum atomic E-state index is 0.487. The maximum atomic E-state index is 2.43. The van der Waals surface area contributed by atoms with Crippen LogP contribution in [0.4, 0.5) is 0 Å². The molecule has 1 heteroatoms. The van der Waals surface area contributed by atoms with Gasteiger partial charge in [-0.2, -0.15) is 0 Å². The van der Waals surface area contributed by atoms with Crippen molar-refractivity contribution in [1.29, 1.82) is 0 Å². The van der Waals surface area contributed by atoms with E-state index in [1.807, 2.05) is 0 Å². The molecule has 1 saturated carbocycles. The molecular formula is C24H34S. The van der Waals surface area contributed by atoms with Crippen molar-refractivity contribution in [2.45, 2.75) is 86.0 Å². The smallest absolute Gasteiger partial charge is 0.0186 e. The van der Waals surface area contributed by atoms with E-state index in [1.54, 1.807) is 21.6 Å². The normalized spacial score (nSPS) is 26.0. The van der Waals surface area contributed by atoms with Gasteiger partial charge in [-0.1, -0.05) is 42.8 Å². The molecular weight excluding hydrogens is 320 g/mol. The van der Waals surface area contributed by atoms with Crippen molar-refractivity contribution < 1.29 is 0 Å². The molecule has 1 fully saturated rings. The van der Waals surface area contributed by atoms with Gasteiger partial charge in [0, 0.05) is 9.80 Å². The van der Waals surface area contributed by atoms with E-state index in [1.165, 1.54) is 52.8 Å². The van der Waals surface area contributed by atoms with Gasteiger partial charge in [0.15, 0.2) is 0 Å². The molecule has 0 radical (unpaired) electrons. The van der Waals surface area contributed by atoms with E-state index >= 15 is 0 Å². The van der Waals surface area contributed by atoms with Gasteiger partial charge in [0.25, 0.3) is 0 Å². The Labute approximate surface area is 159 Å². The summed E-state index contributed by atoms with van der Waals surface area (Å²) in [6.45, 7) is 18.7. The summed E-state index contributed by atoms with van der Waals surface area (Å²) in [5, 5.41) is 0. The predicted molar refractivity (Wildman–Crippen MR) is 112 cm³/mol. The van der Waals surface area contributed by atoms with Crippen molar-refractivity contribution in [1.82, 2.24) is 0 Å². The summed E-state index contributed by atoms with van der Waals surface area (Å²) in [4.78, 5) is 3.07. The van der Waals surface area contributed by atoms with Gasteiger partial charge in [-0.25, -0.2) is 0 Å². The molecule has 0 aliphatic heterocycles. The van der Waals surface area contributed by atoms with Crippen LogP contribution in [0.15, 0.2) is 32.6 Å². The number of hydrogen-bond acceptors (Lipinski definition) is 1. The lowest BCUT2D eigenvalue weighted by Crippen LogP contribution is -2.06. The van der Waals surface area contributed by atoms with Gasteiger partial charge < -0.3 is 0 Å². The lowest BCUT2D eigenvalue weighted by molar-refractivity contribution is 0.512. The Morgan fingerprint density at radius 2 is 1.60 bits per heavy atom. The Kier molecular flexibility index (Phi) is 5.01. The lowest BCUT2D eigenvalue weighted by Gasteiger charge is -2.22. The number of allylic oxidation sites excluding steroid dienone is 3. The molecule has 2 aliphatic rings. The van der Waals surface area contributed by atoms with Crippen LogP contribution >= 0.6 is 11.8 Å². The summed E-state index contributed by atoms with van der Waals surface area (Å²) in [5.74, 6) is 0.891. The number of aryl methyl sites for hydroxylation is 2. The molecule has 0 nitrogen and oxygen atoms in total. The second-order valence-corrected chi connectivity index (χ2v) is 9.36. The molecule has 1 aromatic carbocycles. The molecule has 0 heterocycles. The minimum absolute atomic E-state index is 0.487. The highest BCUT2D eigenvalue weighted by Gasteiger charge is 2.55. The minimum Gasteiger partial charge on any atom is -0.0893 e. The predicted octanol–water partition coefficient (Wildman–Crippen LogP) is 7.83. The fourth-order valence-electron chi connectivity index (χ4n) is 4.92. The molecule has 0 spiro atoms. The molecule has 136 valence electrons. The van der Waals surface area contributed by atoms with Crippen LogP contribution in [0.2, 0.25) is 0 Å². The zero-order valence-corrected chi connectivity index (χ0v) is 18.2. The first-order valence-electron chi connectivity index (χ1n) is 9.92. The van der Waals surface area contributed by atoms with Crippen molar-refractivity contribution in [3.8, 4) is 0 Å². The molecule has 3 rings (SSSR count). The van der Waals surface area contributed by atoms with Crippen LogP contribution in [-0.2, 0) is 0 Å². The van der Waals surface area contributed by atoms with E-state index in [2.05, 4.69) is 73.2 Å². The standard InChI is InChI=1S/C24H34S/c1-9-20-12-21-13-24(21,10-2)19(8)23(18(20)7)25-22-16(5)14(3)11-15(4)17(22)6/h11,21H,9-10,12-13H2,1-8H3/t21-,24-/m1/s1. The highest BCUT2D eigenvalue weighted by atomic mass is 32.2. The fraction of sp³-hybridized carbons (Fsp3) is 0.583. The highest BCUT2D eigenvalue weighted by Crippen LogP contribution is 2.66. The Morgan fingerprint density at radius 1 is 1.00 bits per heavy atom. The Balaban J connectivity index is 2.15. The van der Waals surface area contributed by atoms with E-state index in [9.17, 15) is 0 Å². The molecule has 25 heavy (non-hydrogen) atoms. The van der Waals surface area contributed by atoms with E-state index in [0.717, 1.165) is 5.92 Å². The lowest BCUT2D eigenvalue weighted by atomic mass is 9.90. The Morgan fingerprint density at radius 3 is 2.12 bits per heavy atom. The second kappa shape index (κ2) is 6.65. The molecule has 0 unspecified atom stereocenters. The van der Waals surface area contributed by atoms with Crippen LogP contribution in [0.5, 0.6) is 0 Å². The third-order valence-corrected chi connectivity index (χ3v) is 8.88. The summed E-state index contributed by atoms with van der Waals surface area (Å²) >= 11 is 2.06. The molecule has 0 aromatic heterocycles. The van der Waals surface area contributed by atoms with Crippen LogP contribution in [0, 0.1) is 39.0 Å². The molecule has 2 aliphatic carbocycles. The quantitative estimate of drug-likeness (QED) is 0.531. The van der Waals surface area contributed by atoms with E-state index in [4.69, 9.17) is 0 Å². The summed E-state index contributed by atoms with van der Waals surface area (Å²) in [7, 11) is 0. The maximum Gasteiger partial charge on any atom is 0.0186 e. The van der Waals surface area contributed by atoms with Gasteiger partial charge in [0.05, 0.1) is 0 Å². The van der Waals surface area contributed by atoms with E-state index < -0.39 is 0 Å². The number of benzene rings is 1. The second-order valence-electron chi connectivity index (χ2n) is 8.34. The van der Waals surface area contributed by atoms with Crippen LogP contribution in [0.25, 0.3) is 0 Å². The molecule has 0 N–H and O–H groups in total. The average Bonchev–Trinajstić information content (AvgIpc) is 3.31. The van der Waals surface area contributed by atoms with Gasteiger partial charge in [-0.15, -0.1) is 0 Å². The number of hydrogen-bond donors (Lipinski definition) is 0. The molecule has 0 saturated heterocycles. The van der Waals surface area contributed by atoms with Crippen molar-refractivity contribution >= 4 is 11.8 Å².